The van der Waals surface area contributed by atoms with Crippen LogP contribution in [0, 0.1) is 17.4 Å². The molecule has 0 bridgehead atoms. The number of rotatable bonds is 1. The summed E-state index contributed by atoms with van der Waals surface area (Å²) >= 11 is 0. The zero-order valence-electron chi connectivity index (χ0n) is 11.0. The maximum atomic E-state index is 11.6. The third-order valence-electron chi connectivity index (χ3n) is 2.52. The van der Waals surface area contributed by atoms with Gasteiger partial charge in [-0.25, -0.2) is 4.79 Å². The monoisotopic (exact) mass is 239 g/mol. The number of carbonyl (C=O) groups is 1. The Morgan fingerprint density at radius 1 is 1.47 bits per heavy atom. The van der Waals surface area contributed by atoms with E-state index in [1.165, 1.54) is 0 Å². The van der Waals surface area contributed by atoms with E-state index in [0.717, 1.165) is 13.0 Å². The molecule has 0 aliphatic carbocycles. The Morgan fingerprint density at radius 3 is 2.65 bits per heavy atom. The van der Waals surface area contributed by atoms with E-state index in [2.05, 4.69) is 18.4 Å². The predicted molar refractivity (Wildman–Crippen MR) is 64.1 cm³/mol. The Hall–Kier alpha value is -1.44. The molecule has 0 saturated carbocycles. The Morgan fingerprint density at radius 2 is 2.12 bits per heavy atom. The summed E-state index contributed by atoms with van der Waals surface area (Å²) in [6, 6.07) is -0.00625. The zero-order chi connectivity index (χ0) is 13.1. The Labute approximate surface area is 103 Å². The second kappa shape index (κ2) is 5.26. The molecule has 1 N–H and O–H groups in total. The second-order valence-electron chi connectivity index (χ2n) is 5.69. The first-order valence-electron chi connectivity index (χ1n) is 5.94. The van der Waals surface area contributed by atoms with Gasteiger partial charge in [-0.1, -0.05) is 6.92 Å². The van der Waals surface area contributed by atoms with Crippen molar-refractivity contribution >= 4 is 6.09 Å². The molecule has 0 unspecified atom stereocenters. The van der Waals surface area contributed by atoms with Crippen LogP contribution in [0.2, 0.25) is 0 Å². The number of hydrogen-bond acceptors (Lipinski definition) is 4. The van der Waals surface area contributed by atoms with Crippen LogP contribution in [0.3, 0.4) is 0 Å². The molecule has 17 heavy (non-hydrogen) atoms. The molecule has 5 nitrogen and oxygen atoms in total. The van der Waals surface area contributed by atoms with Gasteiger partial charge in [0.15, 0.2) is 6.19 Å². The molecule has 1 amide bonds. The molecule has 0 aromatic carbocycles. The molecule has 0 aromatic heterocycles. The number of ether oxygens (including phenoxy) is 1. The number of amides is 1. The number of piperidine rings is 1. The summed E-state index contributed by atoms with van der Waals surface area (Å²) < 4.78 is 5.19. The molecule has 1 aliphatic rings. The van der Waals surface area contributed by atoms with Crippen LogP contribution in [0.5, 0.6) is 0 Å². The number of likely N-dealkylation sites (tertiary alicyclic amines) is 1. The van der Waals surface area contributed by atoms with Gasteiger partial charge in [-0.15, -0.1) is 0 Å². The number of nitrogens with one attached hydrogen (secondary N) is 1. The first-order chi connectivity index (χ1) is 7.80. The molecule has 1 rings (SSSR count). The standard InChI is InChI=1S/C12H21N3O2/c1-9-5-10(7-15(6-9)8-13)14-11(16)17-12(2,3)4/h9-10H,5-7H2,1-4H3,(H,14,16)/t9-,10+/m0/s1. The van der Waals surface area contributed by atoms with E-state index in [9.17, 15) is 4.79 Å². The van der Waals surface area contributed by atoms with Gasteiger partial charge in [0, 0.05) is 13.1 Å². The molecule has 1 aliphatic heterocycles. The number of nitrogens with zero attached hydrogens (tertiary/aromatic N) is 2. The van der Waals surface area contributed by atoms with Gasteiger partial charge in [0.25, 0.3) is 0 Å². The van der Waals surface area contributed by atoms with Crippen molar-refractivity contribution < 1.29 is 9.53 Å². The number of carbonyl (C=O) groups excluding carboxylic acids is 1. The molecule has 1 saturated heterocycles. The van der Waals surface area contributed by atoms with E-state index < -0.39 is 11.7 Å². The van der Waals surface area contributed by atoms with Gasteiger partial charge in [-0.2, -0.15) is 5.26 Å². The topological polar surface area (TPSA) is 65.4 Å². The highest BCUT2D eigenvalue weighted by Crippen LogP contribution is 2.16. The van der Waals surface area contributed by atoms with Gasteiger partial charge in [0.2, 0.25) is 0 Å². The number of hydrogen-bond donors (Lipinski definition) is 1. The normalized spacial score (nSPS) is 25.0. The number of alkyl carbamates (subject to hydrolysis) is 1. The van der Waals surface area contributed by atoms with E-state index in [1.54, 1.807) is 4.90 Å². The van der Waals surface area contributed by atoms with Crippen LogP contribution in [0.4, 0.5) is 4.79 Å². The fourth-order valence-corrected chi connectivity index (χ4v) is 2.01. The lowest BCUT2D eigenvalue weighted by molar-refractivity contribution is 0.0472. The van der Waals surface area contributed by atoms with Crippen molar-refractivity contribution in [2.75, 3.05) is 13.1 Å². The molecule has 96 valence electrons. The molecule has 1 heterocycles. The van der Waals surface area contributed by atoms with Crippen LogP contribution in [0.1, 0.15) is 34.1 Å². The molecule has 5 heteroatoms. The average molecular weight is 239 g/mol. The minimum Gasteiger partial charge on any atom is -0.444 e. The molecule has 0 radical (unpaired) electrons. The first-order valence-corrected chi connectivity index (χ1v) is 5.94. The van der Waals surface area contributed by atoms with Crippen LogP contribution < -0.4 is 5.32 Å². The minimum atomic E-state index is -0.487. The van der Waals surface area contributed by atoms with E-state index >= 15 is 0 Å². The highest BCUT2D eigenvalue weighted by Gasteiger charge is 2.26. The average Bonchev–Trinajstić information content (AvgIpc) is 2.13. The first kappa shape index (κ1) is 13.6. The summed E-state index contributed by atoms with van der Waals surface area (Å²) in [6.07, 6.45) is 2.61. The minimum absolute atomic E-state index is 0.00625. The number of nitriles is 1. The maximum Gasteiger partial charge on any atom is 0.407 e. The van der Waals surface area contributed by atoms with Gasteiger partial charge in [0.05, 0.1) is 6.04 Å². The van der Waals surface area contributed by atoms with E-state index in [1.807, 2.05) is 20.8 Å². The van der Waals surface area contributed by atoms with Crippen LogP contribution in [-0.4, -0.2) is 35.7 Å². The summed E-state index contributed by atoms with van der Waals surface area (Å²) in [5, 5.41) is 11.7. The lowest BCUT2D eigenvalue weighted by Crippen LogP contribution is -2.49. The second-order valence-corrected chi connectivity index (χ2v) is 5.69. The molecular formula is C12H21N3O2. The quantitative estimate of drug-likeness (QED) is 0.707. The maximum absolute atomic E-state index is 11.6. The summed E-state index contributed by atoms with van der Waals surface area (Å²) in [4.78, 5) is 13.3. The zero-order valence-corrected chi connectivity index (χ0v) is 11.0. The van der Waals surface area contributed by atoms with Gasteiger partial charge in [-0.3, -0.25) is 0 Å². The third-order valence-corrected chi connectivity index (χ3v) is 2.52. The third kappa shape index (κ3) is 4.94. The fraction of sp³-hybridized carbons (Fsp3) is 0.833. The van der Waals surface area contributed by atoms with Crippen LogP contribution in [0.15, 0.2) is 0 Å². The van der Waals surface area contributed by atoms with Crippen LogP contribution in [-0.2, 0) is 4.74 Å². The highest BCUT2D eigenvalue weighted by atomic mass is 16.6. The van der Waals surface area contributed by atoms with Crippen molar-refractivity contribution in [2.24, 2.45) is 5.92 Å². The SMILES string of the molecule is C[C@H]1C[C@@H](NC(=O)OC(C)(C)C)CN(C#N)C1. The van der Waals surface area contributed by atoms with Crippen LogP contribution >= 0.6 is 0 Å². The molecule has 0 spiro atoms. The van der Waals surface area contributed by atoms with Crippen molar-refractivity contribution in [3.8, 4) is 6.19 Å². The molecule has 2 atom stereocenters. The van der Waals surface area contributed by atoms with Crippen molar-refractivity contribution in [2.45, 2.75) is 45.8 Å². The summed E-state index contributed by atoms with van der Waals surface area (Å²) in [6.45, 7) is 8.91. The lowest BCUT2D eigenvalue weighted by Gasteiger charge is -2.33. The Kier molecular flexibility index (Phi) is 4.22. The summed E-state index contributed by atoms with van der Waals surface area (Å²) in [5.41, 5.74) is -0.487. The van der Waals surface area contributed by atoms with Crippen molar-refractivity contribution in [3.63, 3.8) is 0 Å². The van der Waals surface area contributed by atoms with Crippen molar-refractivity contribution in [1.29, 1.82) is 5.26 Å². The fourth-order valence-electron chi connectivity index (χ4n) is 2.01. The molecule has 0 aromatic rings. The largest absolute Gasteiger partial charge is 0.444 e. The molecule has 1 fully saturated rings. The van der Waals surface area contributed by atoms with Crippen molar-refractivity contribution in [1.82, 2.24) is 10.2 Å². The van der Waals surface area contributed by atoms with Crippen LogP contribution in [0.25, 0.3) is 0 Å². The summed E-state index contributed by atoms with van der Waals surface area (Å²) in [5.74, 6) is 0.406. The van der Waals surface area contributed by atoms with E-state index in [4.69, 9.17) is 10.00 Å². The van der Waals surface area contributed by atoms with Gasteiger partial charge >= 0.3 is 6.09 Å². The lowest BCUT2D eigenvalue weighted by atomic mass is 9.96. The Balaban J connectivity index is 2.46. The van der Waals surface area contributed by atoms with Gasteiger partial charge in [-0.05, 0) is 33.1 Å². The summed E-state index contributed by atoms with van der Waals surface area (Å²) in [7, 11) is 0. The highest BCUT2D eigenvalue weighted by molar-refractivity contribution is 5.68. The Bertz CT molecular complexity index is 317. The van der Waals surface area contributed by atoms with Crippen molar-refractivity contribution in [3.05, 3.63) is 0 Å². The van der Waals surface area contributed by atoms with Gasteiger partial charge in [0.1, 0.15) is 5.60 Å². The van der Waals surface area contributed by atoms with E-state index in [-0.39, 0.29) is 6.04 Å². The molecular weight excluding hydrogens is 218 g/mol. The van der Waals surface area contributed by atoms with Gasteiger partial charge < -0.3 is 15.0 Å². The smallest absolute Gasteiger partial charge is 0.407 e. The van der Waals surface area contributed by atoms with E-state index in [0.29, 0.717) is 12.5 Å². The predicted octanol–water partition coefficient (Wildman–Crippen LogP) is 1.70.